The van der Waals surface area contributed by atoms with E-state index in [0.29, 0.717) is 11.5 Å². The van der Waals surface area contributed by atoms with Gasteiger partial charge in [-0.1, -0.05) is 12.1 Å². The van der Waals surface area contributed by atoms with Crippen LogP contribution in [0.1, 0.15) is 4.88 Å². The van der Waals surface area contributed by atoms with Crippen molar-refractivity contribution in [2.24, 2.45) is 0 Å². The molecule has 1 aliphatic heterocycles. The molecule has 0 bridgehead atoms. The Hall–Kier alpha value is -1.79. The van der Waals surface area contributed by atoms with Crippen molar-refractivity contribution in [3.05, 3.63) is 41.3 Å². The van der Waals surface area contributed by atoms with Gasteiger partial charge < -0.3 is 4.90 Å². The Labute approximate surface area is 141 Å². The molecular formula is C17H17N3OS2. The number of nitrogens with zero attached hydrogens (tertiary/aromatic N) is 3. The number of hydrogen-bond donors (Lipinski definition) is 0. The van der Waals surface area contributed by atoms with Gasteiger partial charge in [-0.15, -0.1) is 11.3 Å². The number of para-hydroxylation sites is 1. The summed E-state index contributed by atoms with van der Waals surface area (Å²) in [6, 6.07) is 12.3. The first-order valence-corrected chi connectivity index (χ1v) is 9.95. The van der Waals surface area contributed by atoms with Crippen LogP contribution in [0.25, 0.3) is 21.6 Å². The highest BCUT2D eigenvalue weighted by molar-refractivity contribution is 7.85. The van der Waals surface area contributed by atoms with Gasteiger partial charge in [0.05, 0.1) is 10.4 Å². The highest BCUT2D eigenvalue weighted by Crippen LogP contribution is 2.31. The maximum absolute atomic E-state index is 11.6. The van der Waals surface area contributed by atoms with Crippen LogP contribution < -0.4 is 4.90 Å². The summed E-state index contributed by atoms with van der Waals surface area (Å²) in [5.74, 6) is 3.18. The average molecular weight is 343 g/mol. The lowest BCUT2D eigenvalue weighted by molar-refractivity contribution is 0.672. The minimum absolute atomic E-state index is 0.689. The monoisotopic (exact) mass is 343 g/mol. The molecule has 4 nitrogen and oxygen atoms in total. The molecule has 6 heteroatoms. The molecule has 2 aromatic heterocycles. The average Bonchev–Trinajstić information content (AvgIpc) is 3.01. The topological polar surface area (TPSA) is 46.1 Å². The molecule has 118 valence electrons. The highest BCUT2D eigenvalue weighted by atomic mass is 32.2. The van der Waals surface area contributed by atoms with E-state index in [9.17, 15) is 4.21 Å². The number of anilines is 1. The number of rotatable bonds is 2. The molecule has 0 amide bonds. The van der Waals surface area contributed by atoms with Crippen molar-refractivity contribution in [2.45, 2.75) is 6.92 Å². The smallest absolute Gasteiger partial charge is 0.172 e. The third-order valence-electron chi connectivity index (χ3n) is 4.02. The van der Waals surface area contributed by atoms with E-state index in [-0.39, 0.29) is 0 Å². The zero-order chi connectivity index (χ0) is 15.8. The van der Waals surface area contributed by atoms with Crippen LogP contribution in [0.5, 0.6) is 0 Å². The summed E-state index contributed by atoms with van der Waals surface area (Å²) in [5.41, 5.74) is 0.963. The number of aryl methyl sites for hydroxylation is 1. The van der Waals surface area contributed by atoms with Crippen molar-refractivity contribution >= 4 is 38.9 Å². The Morgan fingerprint density at radius 3 is 2.61 bits per heavy atom. The van der Waals surface area contributed by atoms with Gasteiger partial charge in [0.2, 0.25) is 0 Å². The van der Waals surface area contributed by atoms with Crippen molar-refractivity contribution in [2.75, 3.05) is 29.5 Å². The SMILES string of the molecule is Cc1ccc(-c2nc(N3CCS(=O)CC3)c3ccccc3n2)s1. The van der Waals surface area contributed by atoms with Crippen LogP contribution in [0.4, 0.5) is 5.82 Å². The number of benzene rings is 1. The molecule has 4 rings (SSSR count). The second-order valence-corrected chi connectivity index (χ2v) is 8.62. The molecule has 1 aromatic carbocycles. The molecule has 0 radical (unpaired) electrons. The van der Waals surface area contributed by atoms with E-state index >= 15 is 0 Å². The fourth-order valence-corrected chi connectivity index (χ4v) is 4.67. The van der Waals surface area contributed by atoms with Crippen LogP contribution in [-0.2, 0) is 10.8 Å². The number of thiophene rings is 1. The largest absolute Gasteiger partial charge is 0.354 e. The first-order chi connectivity index (χ1) is 11.2. The normalized spacial score (nSPS) is 16.1. The summed E-state index contributed by atoms with van der Waals surface area (Å²) >= 11 is 1.71. The Morgan fingerprint density at radius 1 is 1.09 bits per heavy atom. The first-order valence-electron chi connectivity index (χ1n) is 7.64. The maximum Gasteiger partial charge on any atom is 0.172 e. The van der Waals surface area contributed by atoms with Crippen LogP contribution >= 0.6 is 11.3 Å². The summed E-state index contributed by atoms with van der Waals surface area (Å²) in [7, 11) is -0.689. The fraction of sp³-hybridized carbons (Fsp3) is 0.294. The van der Waals surface area contributed by atoms with Crippen molar-refractivity contribution in [3.8, 4) is 10.7 Å². The summed E-state index contributed by atoms with van der Waals surface area (Å²) in [4.78, 5) is 14.2. The quantitative estimate of drug-likeness (QED) is 0.717. The van der Waals surface area contributed by atoms with Crippen molar-refractivity contribution < 1.29 is 4.21 Å². The lowest BCUT2D eigenvalue weighted by Gasteiger charge is -2.28. The third-order valence-corrected chi connectivity index (χ3v) is 6.29. The summed E-state index contributed by atoms with van der Waals surface area (Å²) < 4.78 is 11.6. The van der Waals surface area contributed by atoms with Crippen LogP contribution in [0.15, 0.2) is 36.4 Å². The Bertz CT molecular complexity index is 880. The van der Waals surface area contributed by atoms with Crippen LogP contribution in [0.3, 0.4) is 0 Å². The first kappa shape index (κ1) is 14.8. The standard InChI is InChI=1S/C17H17N3OS2/c1-12-6-7-15(22-12)16-18-14-5-3-2-4-13(14)17(19-16)20-8-10-23(21)11-9-20/h2-7H,8-11H2,1H3. The van der Waals surface area contributed by atoms with Gasteiger partial charge in [-0.25, -0.2) is 9.97 Å². The fourth-order valence-electron chi connectivity index (χ4n) is 2.82. The van der Waals surface area contributed by atoms with Crippen LogP contribution in [0.2, 0.25) is 0 Å². The van der Waals surface area contributed by atoms with Gasteiger partial charge in [-0.3, -0.25) is 4.21 Å². The molecule has 0 unspecified atom stereocenters. The number of fused-ring (bicyclic) bond motifs is 1. The van der Waals surface area contributed by atoms with E-state index in [2.05, 4.69) is 30.0 Å². The Kier molecular flexibility index (Phi) is 3.87. The van der Waals surface area contributed by atoms with Crippen molar-refractivity contribution in [1.29, 1.82) is 0 Å². The molecule has 3 heterocycles. The predicted molar refractivity (Wildman–Crippen MR) is 97.7 cm³/mol. The molecule has 0 saturated carbocycles. The third kappa shape index (κ3) is 2.88. The van der Waals surface area contributed by atoms with Crippen LogP contribution in [-0.4, -0.2) is 38.8 Å². The second-order valence-electron chi connectivity index (χ2n) is 5.63. The van der Waals surface area contributed by atoms with E-state index in [1.807, 2.05) is 18.2 Å². The number of hydrogen-bond acceptors (Lipinski definition) is 5. The van der Waals surface area contributed by atoms with Crippen molar-refractivity contribution in [3.63, 3.8) is 0 Å². The zero-order valence-electron chi connectivity index (χ0n) is 12.9. The molecule has 0 atom stereocenters. The molecule has 3 aromatic rings. The van der Waals surface area contributed by atoms with Gasteiger partial charge in [0.1, 0.15) is 5.82 Å². The van der Waals surface area contributed by atoms with E-state index in [1.54, 1.807) is 11.3 Å². The second kappa shape index (κ2) is 6.02. The highest BCUT2D eigenvalue weighted by Gasteiger charge is 2.20. The molecular weight excluding hydrogens is 326 g/mol. The minimum Gasteiger partial charge on any atom is -0.354 e. The summed E-state index contributed by atoms with van der Waals surface area (Å²) in [5, 5.41) is 1.07. The predicted octanol–water partition coefficient (Wildman–Crippen LogP) is 3.24. The number of aromatic nitrogens is 2. The summed E-state index contributed by atoms with van der Waals surface area (Å²) in [6.45, 7) is 3.67. The van der Waals surface area contributed by atoms with Gasteiger partial charge in [0.25, 0.3) is 0 Å². The maximum atomic E-state index is 11.6. The van der Waals surface area contributed by atoms with Crippen LogP contribution in [0, 0.1) is 6.92 Å². The molecule has 0 N–H and O–H groups in total. The molecule has 23 heavy (non-hydrogen) atoms. The lowest BCUT2D eigenvalue weighted by atomic mass is 10.2. The molecule has 0 aliphatic carbocycles. The molecule has 0 spiro atoms. The lowest BCUT2D eigenvalue weighted by Crippen LogP contribution is -2.38. The van der Waals surface area contributed by atoms with Gasteiger partial charge in [0, 0.05) is 45.7 Å². The van der Waals surface area contributed by atoms with E-state index < -0.39 is 10.8 Å². The van der Waals surface area contributed by atoms with E-state index in [0.717, 1.165) is 40.5 Å². The Balaban J connectivity index is 1.85. The van der Waals surface area contributed by atoms with Gasteiger partial charge >= 0.3 is 0 Å². The van der Waals surface area contributed by atoms with Crippen molar-refractivity contribution in [1.82, 2.24) is 9.97 Å². The molecule has 1 fully saturated rings. The molecule has 1 saturated heterocycles. The van der Waals surface area contributed by atoms with E-state index in [4.69, 9.17) is 9.97 Å². The van der Waals surface area contributed by atoms with Gasteiger partial charge in [-0.05, 0) is 31.2 Å². The zero-order valence-corrected chi connectivity index (χ0v) is 14.5. The van der Waals surface area contributed by atoms with Gasteiger partial charge in [-0.2, -0.15) is 0 Å². The minimum atomic E-state index is -0.689. The molecule has 1 aliphatic rings. The van der Waals surface area contributed by atoms with Gasteiger partial charge in [0.15, 0.2) is 5.82 Å². The summed E-state index contributed by atoms with van der Waals surface area (Å²) in [6.07, 6.45) is 0. The Morgan fingerprint density at radius 2 is 1.87 bits per heavy atom. The van der Waals surface area contributed by atoms with E-state index in [1.165, 1.54) is 4.88 Å².